The maximum atomic E-state index is 2.54. The number of fused-ring (bicyclic) bond motifs is 20. The lowest BCUT2D eigenvalue weighted by Gasteiger charge is -2.30. The summed E-state index contributed by atoms with van der Waals surface area (Å²) in [5, 5.41) is 7.80. The first-order chi connectivity index (χ1) is 28.8. The maximum Gasteiger partial charge on any atom is 0.0726 e. The molecule has 2 aliphatic rings. The van der Waals surface area contributed by atoms with Gasteiger partial charge in [0.1, 0.15) is 0 Å². The first-order valence-electron chi connectivity index (χ1n) is 20.1. The van der Waals surface area contributed by atoms with Gasteiger partial charge in [0.05, 0.1) is 27.5 Å². The predicted octanol–water partition coefficient (Wildman–Crippen LogP) is 14.6. The maximum absolute atomic E-state index is 2.54. The van der Waals surface area contributed by atoms with E-state index in [0.29, 0.717) is 0 Å². The Morgan fingerprint density at radius 1 is 0.328 bits per heavy atom. The van der Waals surface area contributed by atoms with E-state index in [4.69, 9.17) is 0 Å². The Balaban J connectivity index is 1.09. The van der Waals surface area contributed by atoms with Crippen molar-refractivity contribution in [2.75, 3.05) is 0 Å². The van der Waals surface area contributed by atoms with Crippen molar-refractivity contribution in [1.82, 2.24) is 9.13 Å². The molecule has 0 radical (unpaired) electrons. The minimum atomic E-state index is -0.405. The van der Waals surface area contributed by atoms with Gasteiger partial charge in [0.25, 0.3) is 0 Å². The van der Waals surface area contributed by atoms with E-state index in [1.807, 2.05) is 11.3 Å². The third kappa shape index (κ3) is 3.69. The van der Waals surface area contributed by atoms with Gasteiger partial charge in [-0.25, -0.2) is 0 Å². The summed E-state index contributed by atoms with van der Waals surface area (Å²) in [7, 11) is 0. The molecule has 3 aromatic heterocycles. The van der Waals surface area contributed by atoms with Gasteiger partial charge in [-0.2, -0.15) is 0 Å². The summed E-state index contributed by atoms with van der Waals surface area (Å²) in [5.41, 5.74) is 17.5. The van der Waals surface area contributed by atoms with Gasteiger partial charge in [0, 0.05) is 53.1 Å². The molecule has 0 aliphatic heterocycles. The van der Waals surface area contributed by atoms with E-state index >= 15 is 0 Å². The standard InChI is InChI=1S/C55H32N2S/c1-2-14-33(15-3-1)56-50-30-34(57-48-24-12-7-20-41(48)53-49(57)29-28-40-39-19-8-13-25-52(39)58-54(40)53)26-27-38(50)43-31-42-37-18-6-11-23-46(37)55(47(42)32-51(43)56)44-21-9-4-16-35(44)36-17-5-10-22-45(36)55/h1-32H. The van der Waals surface area contributed by atoms with Gasteiger partial charge in [0.15, 0.2) is 0 Å². The van der Waals surface area contributed by atoms with Crippen LogP contribution in [0.1, 0.15) is 22.3 Å². The number of aromatic nitrogens is 2. The second kappa shape index (κ2) is 11.0. The molecule has 14 rings (SSSR count). The Hall–Kier alpha value is -7.20. The van der Waals surface area contributed by atoms with Crippen molar-refractivity contribution in [3.8, 4) is 33.6 Å². The fraction of sp³-hybridized carbons (Fsp3) is 0.0182. The number of benzene rings is 9. The van der Waals surface area contributed by atoms with E-state index in [2.05, 4.69) is 203 Å². The largest absolute Gasteiger partial charge is 0.309 e. The summed E-state index contributed by atoms with van der Waals surface area (Å²) in [5.74, 6) is 0. The molecule has 3 heterocycles. The number of hydrogen-bond donors (Lipinski definition) is 0. The van der Waals surface area contributed by atoms with Crippen molar-refractivity contribution in [3.63, 3.8) is 0 Å². The highest BCUT2D eigenvalue weighted by molar-refractivity contribution is 7.26. The van der Waals surface area contributed by atoms with Crippen molar-refractivity contribution >= 4 is 75.1 Å². The van der Waals surface area contributed by atoms with E-state index in [-0.39, 0.29) is 0 Å². The van der Waals surface area contributed by atoms with E-state index in [0.717, 1.165) is 11.4 Å². The fourth-order valence-electron chi connectivity index (χ4n) is 11.1. The molecule has 0 saturated heterocycles. The zero-order valence-electron chi connectivity index (χ0n) is 31.3. The Labute approximate surface area is 338 Å². The normalized spacial score (nSPS) is 13.7. The number of rotatable bonds is 2. The molecule has 0 amide bonds. The van der Waals surface area contributed by atoms with Crippen molar-refractivity contribution < 1.29 is 0 Å². The monoisotopic (exact) mass is 752 g/mol. The second-order valence-electron chi connectivity index (χ2n) is 16.0. The zero-order chi connectivity index (χ0) is 37.7. The topological polar surface area (TPSA) is 9.86 Å². The first kappa shape index (κ1) is 31.0. The molecule has 0 bridgehead atoms. The van der Waals surface area contributed by atoms with E-state index < -0.39 is 5.41 Å². The van der Waals surface area contributed by atoms with Crippen molar-refractivity contribution in [2.24, 2.45) is 0 Å². The van der Waals surface area contributed by atoms with Gasteiger partial charge in [0.2, 0.25) is 0 Å². The Morgan fingerprint density at radius 2 is 0.914 bits per heavy atom. The molecule has 9 aromatic carbocycles. The van der Waals surface area contributed by atoms with Crippen molar-refractivity contribution in [2.45, 2.75) is 5.41 Å². The molecule has 268 valence electrons. The van der Waals surface area contributed by atoms with Crippen LogP contribution in [0.25, 0.3) is 97.4 Å². The lowest BCUT2D eigenvalue weighted by Crippen LogP contribution is -2.25. The van der Waals surface area contributed by atoms with Gasteiger partial charge >= 0.3 is 0 Å². The van der Waals surface area contributed by atoms with Crippen LogP contribution in [0.4, 0.5) is 0 Å². The van der Waals surface area contributed by atoms with Crippen molar-refractivity contribution in [3.05, 3.63) is 216 Å². The van der Waals surface area contributed by atoms with Crippen molar-refractivity contribution in [1.29, 1.82) is 0 Å². The molecule has 3 heteroatoms. The quantitative estimate of drug-likeness (QED) is 0.166. The van der Waals surface area contributed by atoms with Crippen LogP contribution in [0, 0.1) is 0 Å². The fourth-order valence-corrected chi connectivity index (χ4v) is 12.4. The van der Waals surface area contributed by atoms with Crippen LogP contribution in [0.2, 0.25) is 0 Å². The molecule has 0 fully saturated rings. The van der Waals surface area contributed by atoms with E-state index in [1.54, 1.807) is 0 Å². The summed E-state index contributed by atoms with van der Waals surface area (Å²) in [6, 6.07) is 72.8. The third-order valence-corrected chi connectivity index (χ3v) is 14.5. The average molecular weight is 753 g/mol. The lowest BCUT2D eigenvalue weighted by molar-refractivity contribution is 0.794. The Morgan fingerprint density at radius 3 is 1.67 bits per heavy atom. The van der Waals surface area contributed by atoms with Gasteiger partial charge in [-0.15, -0.1) is 11.3 Å². The molecule has 0 atom stereocenters. The minimum Gasteiger partial charge on any atom is -0.309 e. The minimum absolute atomic E-state index is 0.405. The molecule has 2 aliphatic carbocycles. The molecule has 2 nitrogen and oxygen atoms in total. The molecule has 58 heavy (non-hydrogen) atoms. The lowest BCUT2D eigenvalue weighted by atomic mass is 9.70. The smallest absolute Gasteiger partial charge is 0.0726 e. The zero-order valence-corrected chi connectivity index (χ0v) is 32.1. The van der Waals surface area contributed by atoms with Crippen LogP contribution in [0.3, 0.4) is 0 Å². The van der Waals surface area contributed by atoms with Crippen LogP contribution < -0.4 is 0 Å². The Bertz CT molecular complexity index is 3700. The van der Waals surface area contributed by atoms with Gasteiger partial charge < -0.3 is 9.13 Å². The van der Waals surface area contributed by atoms with Crippen LogP contribution >= 0.6 is 11.3 Å². The highest BCUT2D eigenvalue weighted by atomic mass is 32.1. The first-order valence-corrected chi connectivity index (χ1v) is 20.9. The molecular weight excluding hydrogens is 721 g/mol. The third-order valence-electron chi connectivity index (χ3n) is 13.3. The Kier molecular flexibility index (Phi) is 5.87. The molecule has 0 N–H and O–H groups in total. The van der Waals surface area contributed by atoms with E-state index in [1.165, 1.54) is 108 Å². The van der Waals surface area contributed by atoms with Crippen LogP contribution in [-0.2, 0) is 5.41 Å². The molecular formula is C55H32N2S. The SMILES string of the molecule is c1ccc(-n2c3cc(-n4c5ccccc5c5c6sc7ccccc7c6ccc54)ccc3c3cc4c(cc32)C2(c3ccccc3-c3ccccc32)c2ccccc2-4)cc1. The summed E-state index contributed by atoms with van der Waals surface area (Å²) in [6.07, 6.45) is 0. The summed E-state index contributed by atoms with van der Waals surface area (Å²) in [4.78, 5) is 0. The summed E-state index contributed by atoms with van der Waals surface area (Å²) >= 11 is 1.91. The predicted molar refractivity (Wildman–Crippen MR) is 244 cm³/mol. The van der Waals surface area contributed by atoms with Crippen LogP contribution in [0.5, 0.6) is 0 Å². The average Bonchev–Trinajstić information content (AvgIpc) is 4.06. The molecule has 12 aromatic rings. The second-order valence-corrected chi connectivity index (χ2v) is 17.0. The number of para-hydroxylation sites is 2. The number of nitrogens with zero attached hydrogens (tertiary/aromatic N) is 2. The highest BCUT2D eigenvalue weighted by Crippen LogP contribution is 2.63. The van der Waals surface area contributed by atoms with Crippen LogP contribution in [-0.4, -0.2) is 9.13 Å². The van der Waals surface area contributed by atoms with Crippen LogP contribution in [0.15, 0.2) is 194 Å². The summed E-state index contributed by atoms with van der Waals surface area (Å²) < 4.78 is 7.68. The highest BCUT2D eigenvalue weighted by Gasteiger charge is 2.51. The van der Waals surface area contributed by atoms with Gasteiger partial charge in [-0.3, -0.25) is 0 Å². The molecule has 0 saturated carbocycles. The molecule has 1 spiro atoms. The summed E-state index contributed by atoms with van der Waals surface area (Å²) in [6.45, 7) is 0. The number of hydrogen-bond acceptors (Lipinski definition) is 1. The number of thiophene rings is 1. The van der Waals surface area contributed by atoms with E-state index in [9.17, 15) is 0 Å². The molecule has 0 unspecified atom stereocenters. The van der Waals surface area contributed by atoms with Gasteiger partial charge in [-0.1, -0.05) is 140 Å². The van der Waals surface area contributed by atoms with Gasteiger partial charge in [-0.05, 0) is 99.1 Å².